The molecule has 0 amide bonds. The largest absolute Gasteiger partial charge is 0.506 e. The minimum absolute atomic E-state index is 0.0368. The topological polar surface area (TPSA) is 44.0 Å². The number of nitriles is 1. The highest BCUT2D eigenvalue weighted by molar-refractivity contribution is 9.11. The Kier molecular flexibility index (Phi) is 3.12. The Bertz CT molecular complexity index is 407. The van der Waals surface area contributed by atoms with Crippen LogP contribution in [-0.2, 0) is 0 Å². The van der Waals surface area contributed by atoms with E-state index in [-0.39, 0.29) is 11.3 Å². The van der Waals surface area contributed by atoms with Crippen molar-refractivity contribution in [2.75, 3.05) is 0 Å². The Labute approximate surface area is 92.8 Å². The molecule has 0 bridgehead atoms. The van der Waals surface area contributed by atoms with Crippen molar-refractivity contribution in [3.8, 4) is 11.8 Å². The lowest BCUT2D eigenvalue weighted by Crippen LogP contribution is -1.83. The van der Waals surface area contributed by atoms with E-state index in [9.17, 15) is 5.11 Å². The lowest BCUT2D eigenvalue weighted by atomic mass is 10.1. The van der Waals surface area contributed by atoms with Crippen molar-refractivity contribution in [3.63, 3.8) is 0 Å². The molecule has 1 N–H and O–H groups in total. The molecule has 0 aromatic heterocycles. The second kappa shape index (κ2) is 3.95. The van der Waals surface area contributed by atoms with E-state index < -0.39 is 0 Å². The van der Waals surface area contributed by atoms with Gasteiger partial charge in [0.2, 0.25) is 0 Å². The third-order valence-electron chi connectivity index (χ3n) is 1.49. The van der Waals surface area contributed by atoms with Gasteiger partial charge < -0.3 is 5.11 Å². The molecule has 0 aliphatic heterocycles. The van der Waals surface area contributed by atoms with E-state index in [0.717, 1.165) is 4.47 Å². The highest BCUT2D eigenvalue weighted by Gasteiger charge is 2.09. The molecule has 0 spiro atoms. The third kappa shape index (κ3) is 2.11. The summed E-state index contributed by atoms with van der Waals surface area (Å²) in [5.41, 5.74) is 0.670. The van der Waals surface area contributed by atoms with Crippen molar-refractivity contribution in [2.24, 2.45) is 0 Å². The van der Waals surface area contributed by atoms with E-state index in [1.54, 1.807) is 12.1 Å². The Hall–Kier alpha value is -0.790. The fourth-order valence-electron chi connectivity index (χ4n) is 0.856. The molecule has 4 heteroatoms. The molecule has 0 heterocycles. The van der Waals surface area contributed by atoms with Crippen LogP contribution >= 0.6 is 31.9 Å². The smallest absolute Gasteiger partial charge is 0.138 e. The van der Waals surface area contributed by atoms with Crippen LogP contribution in [-0.4, -0.2) is 5.11 Å². The molecular formula is C9H5Br2NO. The fraction of sp³-hybridized carbons (Fsp3) is 0. The summed E-state index contributed by atoms with van der Waals surface area (Å²) in [5.74, 6) is 0.0368. The van der Waals surface area contributed by atoms with Gasteiger partial charge in [-0.15, -0.1) is 0 Å². The molecule has 66 valence electrons. The zero-order valence-electron chi connectivity index (χ0n) is 6.51. The second-order valence-corrected chi connectivity index (χ2v) is 4.14. The van der Waals surface area contributed by atoms with Gasteiger partial charge >= 0.3 is 0 Å². The highest BCUT2D eigenvalue weighted by Crippen LogP contribution is 2.34. The zero-order chi connectivity index (χ0) is 10.0. The van der Waals surface area contributed by atoms with E-state index >= 15 is 0 Å². The Morgan fingerprint density at radius 3 is 2.62 bits per heavy atom. The number of benzene rings is 1. The quantitative estimate of drug-likeness (QED) is 0.808. The van der Waals surface area contributed by atoms with Crippen LogP contribution in [0.25, 0.3) is 5.57 Å². The molecule has 0 saturated carbocycles. The standard InChI is InChI=1S/C9H5Br2NO/c1-5(4-12)7-2-6(10)3-8(11)9(7)13/h2-3,13H,1H2. The second-order valence-electron chi connectivity index (χ2n) is 2.37. The van der Waals surface area contributed by atoms with Crippen molar-refractivity contribution >= 4 is 37.4 Å². The molecule has 0 saturated heterocycles. The van der Waals surface area contributed by atoms with Gasteiger partial charge in [0, 0.05) is 10.0 Å². The molecule has 1 aromatic rings. The lowest BCUT2D eigenvalue weighted by molar-refractivity contribution is 0.470. The molecule has 1 aromatic carbocycles. The number of phenolic OH excluding ortho intramolecular Hbond substituents is 1. The summed E-state index contributed by atoms with van der Waals surface area (Å²) in [6.45, 7) is 3.52. The molecule has 1 rings (SSSR count). The van der Waals surface area contributed by atoms with Gasteiger partial charge in [-0.25, -0.2) is 0 Å². The van der Waals surface area contributed by atoms with Crippen LogP contribution in [0.1, 0.15) is 5.56 Å². The Morgan fingerprint density at radius 1 is 1.46 bits per heavy atom. The van der Waals surface area contributed by atoms with Crippen molar-refractivity contribution in [1.82, 2.24) is 0 Å². The average molecular weight is 303 g/mol. The molecule has 0 unspecified atom stereocenters. The molecule has 0 aliphatic carbocycles. The van der Waals surface area contributed by atoms with E-state index in [1.807, 2.05) is 6.07 Å². The molecule has 2 nitrogen and oxygen atoms in total. The number of rotatable bonds is 1. The fourth-order valence-corrected chi connectivity index (χ4v) is 2.08. The van der Waals surface area contributed by atoms with Crippen molar-refractivity contribution in [1.29, 1.82) is 5.26 Å². The summed E-state index contributed by atoms with van der Waals surface area (Å²) in [6, 6.07) is 5.22. The molecule has 13 heavy (non-hydrogen) atoms. The minimum Gasteiger partial charge on any atom is -0.506 e. The molecular weight excluding hydrogens is 298 g/mol. The number of hydrogen-bond acceptors (Lipinski definition) is 2. The number of phenols is 1. The molecule has 0 fully saturated rings. The monoisotopic (exact) mass is 301 g/mol. The average Bonchev–Trinajstić information content (AvgIpc) is 2.10. The Morgan fingerprint density at radius 2 is 2.08 bits per heavy atom. The molecule has 0 radical (unpaired) electrons. The highest BCUT2D eigenvalue weighted by atomic mass is 79.9. The van der Waals surface area contributed by atoms with Gasteiger partial charge in [0.15, 0.2) is 0 Å². The maximum atomic E-state index is 9.54. The molecule has 0 aliphatic rings. The van der Waals surface area contributed by atoms with Crippen molar-refractivity contribution < 1.29 is 5.11 Å². The SMILES string of the molecule is C=C(C#N)c1cc(Br)cc(Br)c1O. The van der Waals surface area contributed by atoms with Crippen LogP contribution in [0.3, 0.4) is 0 Å². The first-order valence-corrected chi connectivity index (χ1v) is 4.92. The lowest BCUT2D eigenvalue weighted by Gasteiger charge is -2.04. The van der Waals surface area contributed by atoms with Crippen molar-refractivity contribution in [2.45, 2.75) is 0 Å². The van der Waals surface area contributed by atoms with Gasteiger partial charge in [-0.05, 0) is 28.1 Å². The van der Waals surface area contributed by atoms with E-state index in [0.29, 0.717) is 10.0 Å². The van der Waals surface area contributed by atoms with Gasteiger partial charge in [0.1, 0.15) is 5.75 Å². The maximum absolute atomic E-state index is 9.54. The zero-order valence-corrected chi connectivity index (χ0v) is 9.68. The predicted molar refractivity (Wildman–Crippen MR) is 58.2 cm³/mol. The van der Waals surface area contributed by atoms with Gasteiger partial charge in [0.05, 0.1) is 16.1 Å². The number of hydrogen-bond donors (Lipinski definition) is 1. The van der Waals surface area contributed by atoms with Gasteiger partial charge in [-0.1, -0.05) is 22.5 Å². The van der Waals surface area contributed by atoms with Crippen molar-refractivity contribution in [3.05, 3.63) is 33.2 Å². The van der Waals surface area contributed by atoms with E-state index in [1.165, 1.54) is 0 Å². The first-order chi connectivity index (χ1) is 6.06. The maximum Gasteiger partial charge on any atom is 0.138 e. The summed E-state index contributed by atoms with van der Waals surface area (Å²) >= 11 is 6.42. The third-order valence-corrected chi connectivity index (χ3v) is 2.55. The van der Waals surface area contributed by atoms with E-state index in [4.69, 9.17) is 5.26 Å². The number of allylic oxidation sites excluding steroid dienone is 1. The number of aromatic hydroxyl groups is 1. The minimum atomic E-state index is 0.0368. The summed E-state index contributed by atoms with van der Waals surface area (Å²) in [7, 11) is 0. The summed E-state index contributed by atoms with van der Waals surface area (Å²) < 4.78 is 1.32. The van der Waals surface area contributed by atoms with E-state index in [2.05, 4.69) is 38.4 Å². The van der Waals surface area contributed by atoms with Crippen LogP contribution < -0.4 is 0 Å². The summed E-state index contributed by atoms with van der Waals surface area (Å²) in [6.07, 6.45) is 0. The van der Waals surface area contributed by atoms with Crippen LogP contribution in [0.2, 0.25) is 0 Å². The first-order valence-electron chi connectivity index (χ1n) is 3.33. The van der Waals surface area contributed by atoms with Crippen LogP contribution in [0.5, 0.6) is 5.75 Å². The van der Waals surface area contributed by atoms with Crippen LogP contribution in [0.15, 0.2) is 27.7 Å². The predicted octanol–water partition coefficient (Wildman–Crippen LogP) is 3.45. The van der Waals surface area contributed by atoms with Crippen LogP contribution in [0.4, 0.5) is 0 Å². The number of nitrogens with zero attached hydrogens (tertiary/aromatic N) is 1. The normalized spacial score (nSPS) is 9.31. The van der Waals surface area contributed by atoms with Gasteiger partial charge in [-0.2, -0.15) is 5.26 Å². The first kappa shape index (κ1) is 10.3. The molecule has 0 atom stereocenters. The summed E-state index contributed by atoms with van der Waals surface area (Å²) in [5, 5.41) is 18.1. The van der Waals surface area contributed by atoms with Gasteiger partial charge in [-0.3, -0.25) is 0 Å². The summed E-state index contributed by atoms with van der Waals surface area (Å²) in [4.78, 5) is 0. The Balaban J connectivity index is 3.38. The number of halogens is 2. The van der Waals surface area contributed by atoms with Crippen LogP contribution in [0, 0.1) is 11.3 Å². The van der Waals surface area contributed by atoms with Gasteiger partial charge in [0.25, 0.3) is 0 Å².